The van der Waals surface area contributed by atoms with Gasteiger partial charge >= 0.3 is 0 Å². The van der Waals surface area contributed by atoms with Gasteiger partial charge in [0.2, 0.25) is 0 Å². The van der Waals surface area contributed by atoms with Crippen molar-refractivity contribution < 1.29 is 4.74 Å². The van der Waals surface area contributed by atoms with Crippen LogP contribution in [-0.4, -0.2) is 36.7 Å². The van der Waals surface area contributed by atoms with E-state index in [4.69, 9.17) is 33.7 Å². The summed E-state index contributed by atoms with van der Waals surface area (Å²) < 4.78 is 5.83. The summed E-state index contributed by atoms with van der Waals surface area (Å²) in [6, 6.07) is 6.50. The Morgan fingerprint density at radius 3 is 2.74 bits per heavy atom. The third-order valence-corrected chi connectivity index (χ3v) is 4.48. The Morgan fingerprint density at radius 1 is 1.32 bits per heavy atom. The first-order valence-electron chi connectivity index (χ1n) is 6.73. The van der Waals surface area contributed by atoms with Crippen molar-refractivity contribution in [3.8, 4) is 0 Å². The predicted octanol–water partition coefficient (Wildman–Crippen LogP) is 2.86. The number of nitrogens with two attached hydrogens (primary N) is 1. The fourth-order valence-corrected chi connectivity index (χ4v) is 3.41. The van der Waals surface area contributed by atoms with E-state index < -0.39 is 0 Å². The number of benzene rings is 1. The third kappa shape index (κ3) is 2.76. The average Bonchev–Trinajstić information content (AvgIpc) is 3.22. The van der Waals surface area contributed by atoms with Gasteiger partial charge in [-0.3, -0.25) is 4.90 Å². The second-order valence-electron chi connectivity index (χ2n) is 5.22. The largest absolute Gasteiger partial charge is 0.374 e. The van der Waals surface area contributed by atoms with E-state index >= 15 is 0 Å². The zero-order chi connectivity index (χ0) is 13.4. The molecule has 1 aliphatic heterocycles. The number of morpholine rings is 1. The lowest BCUT2D eigenvalue weighted by molar-refractivity contribution is -0.0712. The fraction of sp³-hybridized carbons (Fsp3) is 0.571. The first-order chi connectivity index (χ1) is 9.20. The van der Waals surface area contributed by atoms with E-state index in [1.807, 2.05) is 12.1 Å². The maximum absolute atomic E-state index is 6.37. The molecule has 2 aliphatic rings. The van der Waals surface area contributed by atoms with E-state index in [9.17, 15) is 0 Å². The molecule has 3 nitrogen and oxygen atoms in total. The normalized spacial score (nSPS) is 28.6. The molecule has 1 aliphatic carbocycles. The molecule has 0 amide bonds. The monoisotopic (exact) mass is 300 g/mol. The smallest absolute Gasteiger partial charge is 0.0894 e. The first-order valence-corrected chi connectivity index (χ1v) is 7.48. The van der Waals surface area contributed by atoms with Crippen LogP contribution in [-0.2, 0) is 4.74 Å². The van der Waals surface area contributed by atoms with E-state index in [0.29, 0.717) is 22.6 Å². The van der Waals surface area contributed by atoms with Gasteiger partial charge in [0, 0.05) is 29.2 Å². The van der Waals surface area contributed by atoms with Crippen LogP contribution in [0.3, 0.4) is 0 Å². The number of hydrogen-bond donors (Lipinski definition) is 1. The summed E-state index contributed by atoms with van der Waals surface area (Å²) in [4.78, 5) is 2.50. The van der Waals surface area contributed by atoms with Crippen molar-refractivity contribution in [1.29, 1.82) is 0 Å². The Bertz CT molecular complexity index is 465. The Hall–Kier alpha value is -0.320. The lowest BCUT2D eigenvalue weighted by atomic mass is 9.97. The number of ether oxygens (including phenoxy) is 1. The van der Waals surface area contributed by atoms with Crippen molar-refractivity contribution in [2.75, 3.05) is 19.7 Å². The zero-order valence-corrected chi connectivity index (χ0v) is 12.2. The maximum Gasteiger partial charge on any atom is 0.0894 e. The molecule has 1 aromatic rings. The summed E-state index contributed by atoms with van der Waals surface area (Å²) in [7, 11) is 0. The highest BCUT2D eigenvalue weighted by atomic mass is 35.5. The Kier molecular flexibility index (Phi) is 4.01. The van der Waals surface area contributed by atoms with Crippen LogP contribution in [0.2, 0.25) is 10.0 Å². The van der Waals surface area contributed by atoms with Gasteiger partial charge in [0.1, 0.15) is 0 Å². The highest BCUT2D eigenvalue weighted by Gasteiger charge is 2.41. The molecule has 1 saturated carbocycles. The minimum Gasteiger partial charge on any atom is -0.374 e. The van der Waals surface area contributed by atoms with Crippen LogP contribution in [0.15, 0.2) is 18.2 Å². The van der Waals surface area contributed by atoms with Crippen molar-refractivity contribution in [1.82, 2.24) is 4.90 Å². The summed E-state index contributed by atoms with van der Waals surface area (Å²) >= 11 is 12.4. The Balaban J connectivity index is 1.95. The van der Waals surface area contributed by atoms with Crippen molar-refractivity contribution in [3.63, 3.8) is 0 Å². The van der Waals surface area contributed by atoms with Crippen LogP contribution >= 0.6 is 23.2 Å². The number of halogens is 2. The second kappa shape index (κ2) is 5.58. The molecule has 0 aromatic heterocycles. The van der Waals surface area contributed by atoms with Gasteiger partial charge in [-0.1, -0.05) is 29.3 Å². The Morgan fingerprint density at radius 2 is 2.11 bits per heavy atom. The van der Waals surface area contributed by atoms with Crippen LogP contribution in [0.4, 0.5) is 0 Å². The third-order valence-electron chi connectivity index (χ3n) is 3.92. The van der Waals surface area contributed by atoms with Gasteiger partial charge in [-0.25, -0.2) is 0 Å². The van der Waals surface area contributed by atoms with Gasteiger partial charge in [-0.2, -0.15) is 0 Å². The lowest BCUT2D eigenvalue weighted by Crippen LogP contribution is -2.49. The van der Waals surface area contributed by atoms with Crippen molar-refractivity contribution in [2.24, 2.45) is 5.73 Å². The molecule has 2 unspecified atom stereocenters. The summed E-state index contributed by atoms with van der Waals surface area (Å²) in [5, 5.41) is 1.36. The molecule has 1 heterocycles. The summed E-state index contributed by atoms with van der Waals surface area (Å²) in [5.41, 5.74) is 6.95. The molecular weight excluding hydrogens is 283 g/mol. The van der Waals surface area contributed by atoms with Gasteiger partial charge < -0.3 is 10.5 Å². The van der Waals surface area contributed by atoms with E-state index in [1.54, 1.807) is 6.07 Å². The van der Waals surface area contributed by atoms with Crippen LogP contribution in [0.5, 0.6) is 0 Å². The minimum absolute atomic E-state index is 0.00743. The lowest BCUT2D eigenvalue weighted by Gasteiger charge is -2.41. The average molecular weight is 301 g/mol. The van der Waals surface area contributed by atoms with Crippen LogP contribution in [0, 0.1) is 0 Å². The second-order valence-corrected chi connectivity index (χ2v) is 6.07. The minimum atomic E-state index is 0.00743. The number of hydrogen-bond acceptors (Lipinski definition) is 3. The van der Waals surface area contributed by atoms with Crippen molar-refractivity contribution >= 4 is 23.2 Å². The van der Waals surface area contributed by atoms with E-state index in [-0.39, 0.29) is 12.1 Å². The van der Waals surface area contributed by atoms with E-state index in [0.717, 1.165) is 18.7 Å². The molecule has 1 saturated heterocycles. The number of rotatable bonds is 3. The Labute approximate surface area is 123 Å². The van der Waals surface area contributed by atoms with Crippen LogP contribution in [0.25, 0.3) is 0 Å². The quantitative estimate of drug-likeness (QED) is 0.933. The molecule has 3 rings (SSSR count). The van der Waals surface area contributed by atoms with E-state index in [2.05, 4.69) is 4.90 Å². The molecule has 0 bridgehead atoms. The van der Waals surface area contributed by atoms with Gasteiger partial charge in [-0.15, -0.1) is 0 Å². The molecular formula is C14H18Cl2N2O. The summed E-state index contributed by atoms with van der Waals surface area (Å²) in [5.74, 6) is 0. The summed E-state index contributed by atoms with van der Waals surface area (Å²) in [6.07, 6.45) is 2.53. The van der Waals surface area contributed by atoms with Gasteiger partial charge in [-0.05, 0) is 30.5 Å². The molecule has 5 heteroatoms. The molecule has 0 spiro atoms. The first kappa shape index (κ1) is 13.7. The van der Waals surface area contributed by atoms with Crippen molar-refractivity contribution in [2.45, 2.75) is 31.0 Å². The molecule has 2 fully saturated rings. The molecule has 0 radical (unpaired) electrons. The molecule has 104 valence electrons. The summed E-state index contributed by atoms with van der Waals surface area (Å²) in [6.45, 7) is 2.21. The topological polar surface area (TPSA) is 38.5 Å². The fourth-order valence-electron chi connectivity index (χ4n) is 2.89. The number of nitrogens with zero attached hydrogens (tertiary/aromatic N) is 1. The van der Waals surface area contributed by atoms with Gasteiger partial charge in [0.05, 0.1) is 18.8 Å². The van der Waals surface area contributed by atoms with Gasteiger partial charge in [0.15, 0.2) is 0 Å². The predicted molar refractivity (Wildman–Crippen MR) is 77.7 cm³/mol. The standard InChI is InChI=1S/C14H18Cl2N2O/c15-9-1-4-11(12(16)7-9)14-13(8-17)19-6-5-18(14)10-2-3-10/h1,4,7,10,13-14H,2-3,5-6,8,17H2. The van der Waals surface area contributed by atoms with E-state index in [1.165, 1.54) is 12.8 Å². The molecule has 19 heavy (non-hydrogen) atoms. The van der Waals surface area contributed by atoms with Gasteiger partial charge in [0.25, 0.3) is 0 Å². The van der Waals surface area contributed by atoms with Crippen molar-refractivity contribution in [3.05, 3.63) is 33.8 Å². The zero-order valence-electron chi connectivity index (χ0n) is 10.7. The SMILES string of the molecule is NCC1OCCN(C2CC2)C1c1ccc(Cl)cc1Cl. The highest BCUT2D eigenvalue weighted by Crippen LogP contribution is 2.41. The van der Waals surface area contributed by atoms with Crippen LogP contribution < -0.4 is 5.73 Å². The highest BCUT2D eigenvalue weighted by molar-refractivity contribution is 6.35. The maximum atomic E-state index is 6.37. The van der Waals surface area contributed by atoms with Crippen LogP contribution in [0.1, 0.15) is 24.4 Å². The molecule has 2 N–H and O–H groups in total. The molecule has 2 atom stereocenters. The molecule has 1 aromatic carbocycles.